The van der Waals surface area contributed by atoms with E-state index in [1.165, 1.54) is 0 Å². The minimum atomic E-state index is -0.589. The highest BCUT2D eigenvalue weighted by molar-refractivity contribution is 6.05. The average Bonchev–Trinajstić information content (AvgIpc) is 3.12. The van der Waals surface area contributed by atoms with Crippen LogP contribution in [0.15, 0.2) is 41.2 Å². The van der Waals surface area contributed by atoms with E-state index < -0.39 is 17.8 Å². The first kappa shape index (κ1) is 32.4. The molecular weight excluding hydrogens is 562 g/mol. The summed E-state index contributed by atoms with van der Waals surface area (Å²) in [5.41, 5.74) is 9.29. The van der Waals surface area contributed by atoms with Crippen molar-refractivity contribution in [3.05, 3.63) is 47.6 Å². The van der Waals surface area contributed by atoms with Crippen molar-refractivity contribution in [2.45, 2.75) is 84.5 Å². The van der Waals surface area contributed by atoms with Gasteiger partial charge in [0.2, 0.25) is 5.91 Å². The summed E-state index contributed by atoms with van der Waals surface area (Å²) >= 11 is 0. The van der Waals surface area contributed by atoms with Gasteiger partial charge in [-0.15, -0.1) is 0 Å². The number of ether oxygens (including phenoxy) is 2. The standard InChI is InChI=1S/C32H43N7O5/c1-5-13-39(14-7-12-34-30(41)43-25-8-6-9-25)29(40)23-15-22-11-10-21(16-26(22)38-27(33)17-23)24-18-35-28(36-19-24)20-37-31(42)44-32(2,3)4/h10-11,15-16,18-19,25H,5-9,12-14,17,20H2,1-4H3,(H2,33,38)(H,34,41)(H,37,42). The third-order valence-electron chi connectivity index (χ3n) is 7.08. The first-order valence-electron chi connectivity index (χ1n) is 15.2. The quantitative estimate of drug-likeness (QED) is 0.306. The lowest BCUT2D eigenvalue weighted by Crippen LogP contribution is -2.37. The van der Waals surface area contributed by atoms with Crippen LogP contribution in [0.25, 0.3) is 17.2 Å². The van der Waals surface area contributed by atoms with E-state index in [-0.39, 0.29) is 25.0 Å². The van der Waals surface area contributed by atoms with Crippen LogP contribution >= 0.6 is 0 Å². The van der Waals surface area contributed by atoms with Crippen molar-refractivity contribution in [3.8, 4) is 11.1 Å². The lowest BCUT2D eigenvalue weighted by atomic mass is 9.96. The van der Waals surface area contributed by atoms with Gasteiger partial charge in [-0.2, -0.15) is 0 Å². The number of nitrogens with two attached hydrogens (primary N) is 1. The molecule has 2 aliphatic rings. The zero-order valence-corrected chi connectivity index (χ0v) is 26.0. The van der Waals surface area contributed by atoms with Crippen molar-refractivity contribution in [3.63, 3.8) is 0 Å². The lowest BCUT2D eigenvalue weighted by molar-refractivity contribution is -0.127. The predicted molar refractivity (Wildman–Crippen MR) is 168 cm³/mol. The van der Waals surface area contributed by atoms with Gasteiger partial charge >= 0.3 is 12.2 Å². The third kappa shape index (κ3) is 9.51. The summed E-state index contributed by atoms with van der Waals surface area (Å²) in [6.07, 6.45) is 8.92. The minimum Gasteiger partial charge on any atom is -0.446 e. The first-order chi connectivity index (χ1) is 21.0. The summed E-state index contributed by atoms with van der Waals surface area (Å²) in [4.78, 5) is 52.6. The fraction of sp³-hybridized carbons (Fsp3) is 0.500. The molecule has 1 saturated carbocycles. The lowest BCUT2D eigenvalue weighted by Gasteiger charge is -2.25. The summed E-state index contributed by atoms with van der Waals surface area (Å²) in [6.45, 7) is 9.07. The molecule has 0 bridgehead atoms. The molecule has 2 aromatic rings. The fourth-order valence-electron chi connectivity index (χ4n) is 4.70. The van der Waals surface area contributed by atoms with Gasteiger partial charge in [-0.25, -0.2) is 24.5 Å². The second kappa shape index (κ2) is 14.8. The maximum atomic E-state index is 13.6. The van der Waals surface area contributed by atoms with E-state index in [9.17, 15) is 14.4 Å². The molecule has 0 atom stereocenters. The number of aromatic nitrogens is 2. The smallest absolute Gasteiger partial charge is 0.408 e. The van der Waals surface area contributed by atoms with Crippen LogP contribution in [-0.2, 0) is 20.8 Å². The largest absolute Gasteiger partial charge is 0.446 e. The highest BCUT2D eigenvalue weighted by Crippen LogP contribution is 2.32. The number of fused-ring (bicyclic) bond motifs is 1. The predicted octanol–water partition coefficient (Wildman–Crippen LogP) is 4.85. The van der Waals surface area contributed by atoms with Crippen LogP contribution in [0.5, 0.6) is 0 Å². The molecule has 0 spiro atoms. The highest BCUT2D eigenvalue weighted by atomic mass is 16.6. The number of carbonyl (C=O) groups excluding carboxylic acids is 3. The fourth-order valence-corrected chi connectivity index (χ4v) is 4.70. The Kier molecular flexibility index (Phi) is 10.9. The Balaban J connectivity index is 1.38. The summed E-state index contributed by atoms with van der Waals surface area (Å²) in [6, 6.07) is 5.71. The van der Waals surface area contributed by atoms with Crippen molar-refractivity contribution >= 4 is 35.7 Å². The van der Waals surface area contributed by atoms with Crippen LogP contribution < -0.4 is 16.4 Å². The highest BCUT2D eigenvalue weighted by Gasteiger charge is 2.23. The molecule has 44 heavy (non-hydrogen) atoms. The minimum absolute atomic E-state index is 0.0371. The molecule has 2 heterocycles. The van der Waals surface area contributed by atoms with Gasteiger partial charge in [-0.1, -0.05) is 19.1 Å². The van der Waals surface area contributed by atoms with E-state index in [0.29, 0.717) is 49.0 Å². The Hall–Kier alpha value is -4.48. The van der Waals surface area contributed by atoms with Gasteiger partial charge in [0.05, 0.1) is 12.2 Å². The molecule has 1 aromatic heterocycles. The SMILES string of the molecule is CCCN(CCCNC(=O)OC1CCC1)C(=O)C1=Cc2ccc(-c3cnc(CNC(=O)OC(C)(C)C)nc3)cc2N=C(N)C1. The summed E-state index contributed by atoms with van der Waals surface area (Å²) in [5.74, 6) is 0.698. The van der Waals surface area contributed by atoms with E-state index in [0.717, 1.165) is 42.4 Å². The van der Waals surface area contributed by atoms with Crippen molar-refractivity contribution < 1.29 is 23.9 Å². The number of benzene rings is 1. The van der Waals surface area contributed by atoms with E-state index in [1.807, 2.05) is 31.2 Å². The van der Waals surface area contributed by atoms with Gasteiger partial charge in [0.25, 0.3) is 0 Å². The van der Waals surface area contributed by atoms with Crippen LogP contribution in [0.2, 0.25) is 0 Å². The number of alkyl carbamates (subject to hydrolysis) is 2. The molecule has 12 nitrogen and oxygen atoms in total. The van der Waals surface area contributed by atoms with Crippen LogP contribution in [-0.4, -0.2) is 70.1 Å². The van der Waals surface area contributed by atoms with Crippen LogP contribution in [0, 0.1) is 0 Å². The molecule has 4 rings (SSSR count). The Bertz CT molecular complexity index is 1390. The summed E-state index contributed by atoms with van der Waals surface area (Å²) in [5, 5.41) is 5.43. The second-order valence-corrected chi connectivity index (χ2v) is 12.0. The Morgan fingerprint density at radius 1 is 1.05 bits per heavy atom. The molecule has 0 unspecified atom stereocenters. The van der Waals surface area contributed by atoms with Crippen LogP contribution in [0.3, 0.4) is 0 Å². The Labute approximate surface area is 258 Å². The molecule has 0 saturated heterocycles. The maximum Gasteiger partial charge on any atom is 0.408 e. The molecule has 1 aliphatic heterocycles. The molecule has 12 heteroatoms. The number of nitrogens with one attached hydrogen (secondary N) is 2. The number of rotatable bonds is 11. The van der Waals surface area contributed by atoms with Crippen molar-refractivity contribution in [1.82, 2.24) is 25.5 Å². The van der Waals surface area contributed by atoms with Crippen molar-refractivity contribution in [1.29, 1.82) is 0 Å². The number of hydrogen-bond donors (Lipinski definition) is 3. The summed E-state index contributed by atoms with van der Waals surface area (Å²) < 4.78 is 10.6. The number of aliphatic imine (C=N–C) groups is 1. The van der Waals surface area contributed by atoms with Gasteiger partial charge in [0.1, 0.15) is 23.4 Å². The second-order valence-electron chi connectivity index (χ2n) is 12.0. The van der Waals surface area contributed by atoms with Gasteiger partial charge in [-0.05, 0) is 70.6 Å². The zero-order chi connectivity index (χ0) is 31.7. The van der Waals surface area contributed by atoms with Gasteiger partial charge in [-0.3, -0.25) is 4.79 Å². The molecule has 0 radical (unpaired) electrons. The monoisotopic (exact) mass is 605 g/mol. The van der Waals surface area contributed by atoms with Crippen molar-refractivity contribution in [2.24, 2.45) is 10.7 Å². The normalized spacial score (nSPS) is 14.6. The molecule has 1 fully saturated rings. The molecule has 4 N–H and O–H groups in total. The molecule has 236 valence electrons. The van der Waals surface area contributed by atoms with E-state index in [1.54, 1.807) is 38.1 Å². The first-order valence-corrected chi connectivity index (χ1v) is 15.2. The summed E-state index contributed by atoms with van der Waals surface area (Å²) in [7, 11) is 0. The van der Waals surface area contributed by atoms with Crippen LogP contribution in [0.1, 0.15) is 77.6 Å². The topological polar surface area (TPSA) is 161 Å². The van der Waals surface area contributed by atoms with Crippen molar-refractivity contribution in [2.75, 3.05) is 19.6 Å². The van der Waals surface area contributed by atoms with Crippen LogP contribution in [0.4, 0.5) is 15.3 Å². The molecule has 3 amide bonds. The van der Waals surface area contributed by atoms with Gasteiger partial charge in [0.15, 0.2) is 0 Å². The third-order valence-corrected chi connectivity index (χ3v) is 7.08. The molecule has 1 aromatic carbocycles. The number of carbonyl (C=O) groups is 3. The maximum absolute atomic E-state index is 13.6. The number of amidine groups is 1. The average molecular weight is 606 g/mol. The van der Waals surface area contributed by atoms with E-state index in [2.05, 4.69) is 25.6 Å². The number of nitrogens with zero attached hydrogens (tertiary/aromatic N) is 4. The van der Waals surface area contributed by atoms with E-state index in [4.69, 9.17) is 15.2 Å². The molecule has 1 aliphatic carbocycles. The Morgan fingerprint density at radius 3 is 2.45 bits per heavy atom. The number of hydrogen-bond acceptors (Lipinski definition) is 9. The van der Waals surface area contributed by atoms with E-state index >= 15 is 0 Å². The van der Waals surface area contributed by atoms with Gasteiger partial charge in [0, 0.05) is 55.1 Å². The van der Waals surface area contributed by atoms with Gasteiger partial charge < -0.3 is 30.7 Å². The zero-order valence-electron chi connectivity index (χ0n) is 26.0. The Morgan fingerprint density at radius 2 is 1.80 bits per heavy atom. The molecular formula is C32H43N7O5. The number of amides is 3.